The number of hydrogen-bond donors (Lipinski definition) is 1. The predicted octanol–water partition coefficient (Wildman–Crippen LogP) is 2.65. The molecule has 1 aromatic carbocycles. The van der Waals surface area contributed by atoms with Crippen LogP contribution in [0, 0.1) is 5.92 Å². The Hall–Kier alpha value is -1.89. The van der Waals surface area contributed by atoms with Crippen molar-refractivity contribution in [2.45, 2.75) is 37.6 Å². The molecule has 1 heterocycles. The molecular formula is C15H15F3N2O2. The molecule has 2 aliphatic rings. The molecule has 0 unspecified atom stereocenters. The first-order chi connectivity index (χ1) is 10.2. The van der Waals surface area contributed by atoms with Crippen LogP contribution in [0.5, 0.6) is 0 Å². The van der Waals surface area contributed by atoms with Gasteiger partial charge in [-0.15, -0.1) is 0 Å². The number of aliphatic hydroxyl groups is 1. The topological polar surface area (TPSA) is 52.9 Å². The molecule has 1 amide bonds. The van der Waals surface area contributed by atoms with E-state index in [1.165, 1.54) is 6.92 Å². The third-order valence-electron chi connectivity index (χ3n) is 4.12. The maximum Gasteiger partial charge on any atom is 0.438 e. The molecule has 22 heavy (non-hydrogen) atoms. The molecular weight excluding hydrogens is 297 g/mol. The number of halogens is 3. The lowest BCUT2D eigenvalue weighted by atomic mass is 10.1. The molecule has 4 nitrogen and oxygen atoms in total. The van der Waals surface area contributed by atoms with Gasteiger partial charge in [-0.1, -0.05) is 30.3 Å². The first-order valence-corrected chi connectivity index (χ1v) is 6.96. The number of amides is 1. The smallest absolute Gasteiger partial charge is 0.362 e. The number of nitrogens with zero attached hydrogens (tertiary/aromatic N) is 2. The van der Waals surface area contributed by atoms with Crippen molar-refractivity contribution >= 4 is 11.6 Å². The first-order valence-electron chi connectivity index (χ1n) is 6.96. The van der Waals surface area contributed by atoms with E-state index < -0.39 is 30.1 Å². The second-order valence-corrected chi connectivity index (χ2v) is 5.84. The van der Waals surface area contributed by atoms with Gasteiger partial charge in [-0.2, -0.15) is 23.3 Å². The van der Waals surface area contributed by atoms with Crippen LogP contribution in [0.4, 0.5) is 13.2 Å². The van der Waals surface area contributed by atoms with Crippen LogP contribution >= 0.6 is 0 Å². The Morgan fingerprint density at radius 2 is 2.00 bits per heavy atom. The number of hydrogen-bond acceptors (Lipinski definition) is 3. The van der Waals surface area contributed by atoms with Crippen molar-refractivity contribution in [2.75, 3.05) is 0 Å². The zero-order valence-corrected chi connectivity index (χ0v) is 11.8. The zero-order valence-electron chi connectivity index (χ0n) is 11.8. The average Bonchev–Trinajstić information content (AvgIpc) is 3.18. The summed E-state index contributed by atoms with van der Waals surface area (Å²) >= 11 is 0. The Morgan fingerprint density at radius 3 is 2.59 bits per heavy atom. The van der Waals surface area contributed by atoms with Crippen LogP contribution in [0.25, 0.3) is 0 Å². The van der Waals surface area contributed by atoms with Crippen molar-refractivity contribution < 1.29 is 23.1 Å². The molecule has 1 saturated carbocycles. The monoisotopic (exact) mass is 312 g/mol. The van der Waals surface area contributed by atoms with Crippen LogP contribution < -0.4 is 0 Å². The second-order valence-electron chi connectivity index (χ2n) is 5.84. The van der Waals surface area contributed by atoms with E-state index in [9.17, 15) is 23.1 Å². The van der Waals surface area contributed by atoms with Gasteiger partial charge in [0.2, 0.25) is 5.91 Å². The zero-order chi connectivity index (χ0) is 16.1. The summed E-state index contributed by atoms with van der Waals surface area (Å²) in [6.07, 6.45) is -5.17. The maximum atomic E-state index is 13.1. The Morgan fingerprint density at radius 1 is 1.36 bits per heavy atom. The van der Waals surface area contributed by atoms with Gasteiger partial charge < -0.3 is 5.11 Å². The number of benzene rings is 1. The fraction of sp³-hybridized carbons (Fsp3) is 0.467. The van der Waals surface area contributed by atoms with E-state index in [0.717, 1.165) is 5.56 Å². The molecule has 1 aliphatic carbocycles. The van der Waals surface area contributed by atoms with Gasteiger partial charge in [-0.3, -0.25) is 4.79 Å². The standard InChI is InChI=1S/C15H15F3N2O2/c1-9-8-14(22,15(16,17)18)20(19-9)13(21)12-7-11(12)10-5-3-2-4-6-10/h2-6,11-12,22H,7-8H2,1H3/t11-,12+,14-/m0/s1. The Bertz CT molecular complexity index is 629. The summed E-state index contributed by atoms with van der Waals surface area (Å²) in [5.41, 5.74) is -2.22. The fourth-order valence-corrected chi connectivity index (χ4v) is 2.87. The number of alkyl halides is 3. The normalized spacial score (nSPS) is 31.1. The SMILES string of the molecule is CC1=NN(C(=O)[C@@H]2C[C@H]2c2ccccc2)[C@@](O)(C(F)(F)F)C1. The van der Waals surface area contributed by atoms with Gasteiger partial charge >= 0.3 is 6.18 Å². The van der Waals surface area contributed by atoms with Crippen molar-refractivity contribution in [1.82, 2.24) is 5.01 Å². The number of carbonyl (C=O) groups is 1. The third-order valence-corrected chi connectivity index (χ3v) is 4.12. The Kier molecular flexibility index (Phi) is 3.28. The molecule has 0 radical (unpaired) electrons. The molecule has 0 spiro atoms. The molecule has 0 saturated heterocycles. The lowest BCUT2D eigenvalue weighted by Gasteiger charge is -2.32. The van der Waals surface area contributed by atoms with Gasteiger partial charge in [-0.05, 0) is 24.8 Å². The minimum Gasteiger partial charge on any atom is -0.362 e. The van der Waals surface area contributed by atoms with Crippen LogP contribution in [-0.4, -0.2) is 33.6 Å². The average molecular weight is 312 g/mol. The van der Waals surface area contributed by atoms with Crippen molar-refractivity contribution in [1.29, 1.82) is 0 Å². The molecule has 118 valence electrons. The maximum absolute atomic E-state index is 13.1. The van der Waals surface area contributed by atoms with E-state index in [1.54, 1.807) is 0 Å². The molecule has 3 atom stereocenters. The first kappa shape index (κ1) is 15.0. The van der Waals surface area contributed by atoms with Crippen LogP contribution in [0.15, 0.2) is 35.4 Å². The quantitative estimate of drug-likeness (QED) is 0.913. The van der Waals surface area contributed by atoms with Crippen molar-refractivity contribution in [3.05, 3.63) is 35.9 Å². The summed E-state index contributed by atoms with van der Waals surface area (Å²) in [6, 6.07) is 9.15. The van der Waals surface area contributed by atoms with E-state index in [0.29, 0.717) is 6.42 Å². The van der Waals surface area contributed by atoms with Crippen molar-refractivity contribution in [3.63, 3.8) is 0 Å². The molecule has 1 aliphatic heterocycles. The van der Waals surface area contributed by atoms with E-state index in [2.05, 4.69) is 5.10 Å². The third kappa shape index (κ3) is 2.29. The highest BCUT2D eigenvalue weighted by Gasteiger charge is 2.64. The lowest BCUT2D eigenvalue weighted by molar-refractivity contribution is -0.302. The highest BCUT2D eigenvalue weighted by molar-refractivity contribution is 5.91. The van der Waals surface area contributed by atoms with Gasteiger partial charge in [-0.25, -0.2) is 0 Å². The summed E-state index contributed by atoms with van der Waals surface area (Å²) in [5, 5.41) is 13.8. The highest BCUT2D eigenvalue weighted by atomic mass is 19.4. The molecule has 1 aromatic rings. The molecule has 0 aromatic heterocycles. The number of carbonyl (C=O) groups excluding carboxylic acids is 1. The van der Waals surface area contributed by atoms with Crippen LogP contribution in [0.3, 0.4) is 0 Å². The van der Waals surface area contributed by atoms with E-state index in [-0.39, 0.29) is 16.6 Å². The van der Waals surface area contributed by atoms with Gasteiger partial charge in [0, 0.05) is 18.1 Å². The number of rotatable bonds is 2. The van der Waals surface area contributed by atoms with E-state index in [4.69, 9.17) is 0 Å². The molecule has 1 fully saturated rings. The summed E-state index contributed by atoms with van der Waals surface area (Å²) < 4.78 is 39.3. The minimum absolute atomic E-state index is 0.0880. The van der Waals surface area contributed by atoms with Crippen LogP contribution in [0.2, 0.25) is 0 Å². The van der Waals surface area contributed by atoms with Crippen molar-refractivity contribution in [3.8, 4) is 0 Å². The largest absolute Gasteiger partial charge is 0.438 e. The molecule has 7 heteroatoms. The van der Waals surface area contributed by atoms with Crippen molar-refractivity contribution in [2.24, 2.45) is 11.0 Å². The second kappa shape index (κ2) is 4.81. The van der Waals surface area contributed by atoms with E-state index >= 15 is 0 Å². The van der Waals surface area contributed by atoms with Gasteiger partial charge in [0.05, 0.1) is 0 Å². The van der Waals surface area contributed by atoms with Gasteiger partial charge in [0.25, 0.3) is 5.72 Å². The Balaban J connectivity index is 1.81. The summed E-state index contributed by atoms with van der Waals surface area (Å²) in [6.45, 7) is 1.37. The summed E-state index contributed by atoms with van der Waals surface area (Å²) in [5.74, 6) is -1.45. The highest BCUT2D eigenvalue weighted by Crippen LogP contribution is 2.51. The molecule has 1 N–H and O–H groups in total. The van der Waals surface area contributed by atoms with Gasteiger partial charge in [0.1, 0.15) is 0 Å². The fourth-order valence-electron chi connectivity index (χ4n) is 2.87. The predicted molar refractivity (Wildman–Crippen MR) is 72.9 cm³/mol. The van der Waals surface area contributed by atoms with Gasteiger partial charge in [0.15, 0.2) is 0 Å². The summed E-state index contributed by atoms with van der Waals surface area (Å²) in [7, 11) is 0. The minimum atomic E-state index is -4.94. The Labute approximate surface area is 125 Å². The van der Waals surface area contributed by atoms with E-state index in [1.807, 2.05) is 30.3 Å². The molecule has 3 rings (SSSR count). The molecule has 0 bridgehead atoms. The van der Waals surface area contributed by atoms with Crippen LogP contribution in [0.1, 0.15) is 31.2 Å². The number of hydrazone groups is 1. The van der Waals surface area contributed by atoms with Crippen LogP contribution in [-0.2, 0) is 4.79 Å². The lowest BCUT2D eigenvalue weighted by Crippen LogP contribution is -2.57. The summed E-state index contributed by atoms with van der Waals surface area (Å²) in [4.78, 5) is 12.4.